The van der Waals surface area contributed by atoms with E-state index in [-0.39, 0.29) is 23.3 Å². The molecule has 1 aliphatic rings. The molecule has 0 aliphatic carbocycles. The van der Waals surface area contributed by atoms with Gasteiger partial charge in [-0.15, -0.1) is 0 Å². The van der Waals surface area contributed by atoms with Crippen LogP contribution in [0.25, 0.3) is 0 Å². The van der Waals surface area contributed by atoms with Crippen molar-refractivity contribution in [3.05, 3.63) is 76.3 Å². The Morgan fingerprint density at radius 3 is 2.27 bits per heavy atom. The number of carbonyl (C=O) groups excluding carboxylic acids is 1. The first-order chi connectivity index (χ1) is 12.3. The number of halogens is 1. The van der Waals surface area contributed by atoms with Crippen molar-refractivity contribution in [2.24, 2.45) is 0 Å². The summed E-state index contributed by atoms with van der Waals surface area (Å²) in [5.41, 5.74) is 2.54. The Morgan fingerprint density at radius 2 is 1.69 bits per heavy atom. The normalized spacial score (nSPS) is 18.4. The SMILES string of the molecule is CC(=O)C1=CCC(c2ccc(C)cc2)N(S(=O)(=O)c2ccc(Cl)cc2)C1. The molecule has 0 N–H and O–H groups in total. The van der Waals surface area contributed by atoms with Crippen LogP contribution in [0.5, 0.6) is 0 Å². The molecule has 1 atom stereocenters. The molecule has 0 spiro atoms. The van der Waals surface area contributed by atoms with E-state index in [1.165, 1.54) is 23.4 Å². The third kappa shape index (κ3) is 3.75. The molecule has 0 bridgehead atoms. The average molecular weight is 390 g/mol. The van der Waals surface area contributed by atoms with Gasteiger partial charge in [-0.25, -0.2) is 8.42 Å². The topological polar surface area (TPSA) is 54.5 Å². The van der Waals surface area contributed by atoms with Crippen LogP contribution in [-0.4, -0.2) is 25.1 Å². The van der Waals surface area contributed by atoms with Crippen molar-refractivity contribution in [1.82, 2.24) is 4.31 Å². The average Bonchev–Trinajstić information content (AvgIpc) is 2.62. The molecule has 2 aromatic rings. The minimum absolute atomic E-state index is 0.0683. The molecule has 0 aromatic heterocycles. The summed E-state index contributed by atoms with van der Waals surface area (Å²) < 4.78 is 27.9. The van der Waals surface area contributed by atoms with Crippen LogP contribution in [0.15, 0.2) is 65.1 Å². The summed E-state index contributed by atoms with van der Waals surface area (Å²) in [5, 5.41) is 0.474. The Balaban J connectivity index is 2.06. The molecule has 6 heteroatoms. The zero-order valence-electron chi connectivity index (χ0n) is 14.6. The van der Waals surface area contributed by atoms with Crippen LogP contribution in [0.1, 0.15) is 30.5 Å². The molecule has 136 valence electrons. The summed E-state index contributed by atoms with van der Waals surface area (Å²) in [5.74, 6) is -0.108. The van der Waals surface area contributed by atoms with Gasteiger partial charge in [0.1, 0.15) is 0 Å². The highest BCUT2D eigenvalue weighted by atomic mass is 35.5. The van der Waals surface area contributed by atoms with Gasteiger partial charge < -0.3 is 0 Å². The number of hydrogen-bond donors (Lipinski definition) is 0. The third-order valence-electron chi connectivity index (χ3n) is 4.60. The predicted octanol–water partition coefficient (Wildman–Crippen LogP) is 4.30. The fraction of sp³-hybridized carbons (Fsp3) is 0.250. The van der Waals surface area contributed by atoms with Gasteiger partial charge in [-0.2, -0.15) is 4.31 Å². The van der Waals surface area contributed by atoms with Gasteiger partial charge in [-0.1, -0.05) is 47.5 Å². The van der Waals surface area contributed by atoms with Crippen molar-refractivity contribution in [2.45, 2.75) is 31.2 Å². The van der Waals surface area contributed by atoms with E-state index >= 15 is 0 Å². The number of rotatable bonds is 4. The highest BCUT2D eigenvalue weighted by molar-refractivity contribution is 7.89. The molecular formula is C20H20ClNO3S. The number of sulfonamides is 1. The smallest absolute Gasteiger partial charge is 0.243 e. The van der Waals surface area contributed by atoms with E-state index in [4.69, 9.17) is 11.6 Å². The second-order valence-electron chi connectivity index (χ2n) is 6.45. The second kappa shape index (κ2) is 7.35. The maximum atomic E-state index is 13.3. The monoisotopic (exact) mass is 389 g/mol. The predicted molar refractivity (Wildman–Crippen MR) is 103 cm³/mol. The van der Waals surface area contributed by atoms with Crippen LogP contribution in [-0.2, 0) is 14.8 Å². The molecule has 2 aromatic carbocycles. The molecule has 0 saturated heterocycles. The number of Topliss-reactive ketones (excluding diaryl/α,β-unsaturated/α-hetero) is 1. The summed E-state index contributed by atoms with van der Waals surface area (Å²) in [7, 11) is -3.77. The Morgan fingerprint density at radius 1 is 1.08 bits per heavy atom. The summed E-state index contributed by atoms with van der Waals surface area (Å²) in [6, 6.07) is 13.6. The van der Waals surface area contributed by atoms with Crippen LogP contribution in [0.2, 0.25) is 5.02 Å². The van der Waals surface area contributed by atoms with E-state index in [0.29, 0.717) is 17.0 Å². The van der Waals surface area contributed by atoms with Crippen molar-refractivity contribution in [2.75, 3.05) is 6.54 Å². The fourth-order valence-electron chi connectivity index (χ4n) is 3.05. The van der Waals surface area contributed by atoms with Gasteiger partial charge in [-0.3, -0.25) is 4.79 Å². The van der Waals surface area contributed by atoms with Gasteiger partial charge in [0.25, 0.3) is 0 Å². The molecule has 4 nitrogen and oxygen atoms in total. The van der Waals surface area contributed by atoms with E-state index in [1.54, 1.807) is 12.1 Å². The highest BCUT2D eigenvalue weighted by Crippen LogP contribution is 2.35. The van der Waals surface area contributed by atoms with Crippen LogP contribution < -0.4 is 0 Å². The molecule has 0 radical (unpaired) electrons. The number of ketones is 1. The molecule has 26 heavy (non-hydrogen) atoms. The summed E-state index contributed by atoms with van der Waals surface area (Å²) >= 11 is 5.89. The Labute approximate surface area is 159 Å². The van der Waals surface area contributed by atoms with Crippen LogP contribution in [0.3, 0.4) is 0 Å². The quantitative estimate of drug-likeness (QED) is 0.783. The Bertz CT molecular complexity index is 948. The first-order valence-electron chi connectivity index (χ1n) is 8.33. The van der Waals surface area contributed by atoms with E-state index in [2.05, 4.69) is 0 Å². The molecule has 3 rings (SSSR count). The summed E-state index contributed by atoms with van der Waals surface area (Å²) in [6.07, 6.45) is 2.31. The molecule has 1 heterocycles. The van der Waals surface area contributed by atoms with E-state index in [0.717, 1.165) is 11.1 Å². The minimum atomic E-state index is -3.77. The van der Waals surface area contributed by atoms with E-state index < -0.39 is 10.0 Å². The molecular weight excluding hydrogens is 370 g/mol. The first-order valence-corrected chi connectivity index (χ1v) is 10.1. The van der Waals surface area contributed by atoms with Crippen molar-refractivity contribution in [3.8, 4) is 0 Å². The van der Waals surface area contributed by atoms with Gasteiger partial charge in [0.2, 0.25) is 10.0 Å². The third-order valence-corrected chi connectivity index (χ3v) is 6.72. The van der Waals surface area contributed by atoms with Crippen molar-refractivity contribution < 1.29 is 13.2 Å². The lowest BCUT2D eigenvalue weighted by atomic mass is 9.96. The molecule has 0 fully saturated rings. The molecule has 0 amide bonds. The largest absolute Gasteiger partial charge is 0.295 e. The number of benzene rings is 2. The lowest BCUT2D eigenvalue weighted by Gasteiger charge is -2.34. The number of hydrogen-bond acceptors (Lipinski definition) is 3. The number of nitrogens with zero attached hydrogens (tertiary/aromatic N) is 1. The maximum Gasteiger partial charge on any atom is 0.243 e. The zero-order chi connectivity index (χ0) is 18.9. The van der Waals surface area contributed by atoms with Crippen molar-refractivity contribution in [3.63, 3.8) is 0 Å². The van der Waals surface area contributed by atoms with Gasteiger partial charge >= 0.3 is 0 Å². The number of carbonyl (C=O) groups is 1. The lowest BCUT2D eigenvalue weighted by Crippen LogP contribution is -2.39. The van der Waals surface area contributed by atoms with Crippen LogP contribution >= 0.6 is 11.6 Å². The number of aryl methyl sites for hydroxylation is 1. The van der Waals surface area contributed by atoms with E-state index in [9.17, 15) is 13.2 Å². The minimum Gasteiger partial charge on any atom is -0.295 e. The van der Waals surface area contributed by atoms with E-state index in [1.807, 2.05) is 37.3 Å². The summed E-state index contributed by atoms with van der Waals surface area (Å²) in [6.45, 7) is 3.52. The Kier molecular flexibility index (Phi) is 5.32. The molecule has 1 aliphatic heterocycles. The maximum absolute atomic E-state index is 13.3. The van der Waals surface area contributed by atoms with Crippen molar-refractivity contribution >= 4 is 27.4 Å². The molecule has 1 unspecified atom stereocenters. The van der Waals surface area contributed by atoms with Crippen molar-refractivity contribution in [1.29, 1.82) is 0 Å². The Hall–Kier alpha value is -1.95. The van der Waals surface area contributed by atoms with Gasteiger partial charge in [-0.05, 0) is 50.1 Å². The first kappa shape index (κ1) is 18.8. The standard InChI is InChI=1S/C20H20ClNO3S/c1-14-3-5-16(6-4-14)20-12-7-17(15(2)23)13-22(20)26(24,25)19-10-8-18(21)9-11-19/h3-11,20H,12-13H2,1-2H3. The van der Waals surface area contributed by atoms with Crippen LogP contribution in [0, 0.1) is 6.92 Å². The summed E-state index contributed by atoms with van der Waals surface area (Å²) in [4.78, 5) is 12.0. The van der Waals surface area contributed by atoms with Gasteiger partial charge in [0.05, 0.1) is 10.9 Å². The second-order valence-corrected chi connectivity index (χ2v) is 8.78. The van der Waals surface area contributed by atoms with Gasteiger partial charge in [0.15, 0.2) is 5.78 Å². The molecule has 0 saturated carbocycles. The highest BCUT2D eigenvalue weighted by Gasteiger charge is 2.35. The fourth-order valence-corrected chi connectivity index (χ4v) is 4.78. The van der Waals surface area contributed by atoms with Crippen LogP contribution in [0.4, 0.5) is 0 Å². The van der Waals surface area contributed by atoms with Gasteiger partial charge in [0, 0.05) is 17.1 Å². The lowest BCUT2D eigenvalue weighted by molar-refractivity contribution is -0.113. The zero-order valence-corrected chi connectivity index (χ0v) is 16.2.